The summed E-state index contributed by atoms with van der Waals surface area (Å²) in [5.74, 6) is -1.66. The zero-order valence-corrected chi connectivity index (χ0v) is 27.1. The van der Waals surface area contributed by atoms with Gasteiger partial charge in [0.2, 0.25) is 0 Å². The van der Waals surface area contributed by atoms with Gasteiger partial charge in [0.05, 0.1) is 44.9 Å². The van der Waals surface area contributed by atoms with E-state index in [4.69, 9.17) is 13.7 Å². The van der Waals surface area contributed by atoms with Gasteiger partial charge in [0.15, 0.2) is 0 Å². The third-order valence-corrected chi connectivity index (χ3v) is 8.45. The van der Waals surface area contributed by atoms with Gasteiger partial charge in [-0.15, -0.1) is 0 Å². The molecule has 5 aromatic rings. The minimum atomic E-state index is -3.65. The highest BCUT2D eigenvalue weighted by Gasteiger charge is 2.38. The highest BCUT2D eigenvalue weighted by molar-refractivity contribution is 7.85. The van der Waals surface area contributed by atoms with Crippen LogP contribution in [0.15, 0.2) is 121 Å². The fraction of sp³-hybridized carbons (Fsp3) is 0.243. The van der Waals surface area contributed by atoms with Crippen LogP contribution in [0, 0.1) is 0 Å². The topological polar surface area (TPSA) is 110 Å². The number of rotatable bonds is 16. The summed E-state index contributed by atoms with van der Waals surface area (Å²) >= 11 is 0. The maximum Gasteiger partial charge on any atom is 0.379 e. The standard InChI is InChI=1S/C37H37NO8S/c1-43-36(40)35(39)33-26-38(34-21-13-12-20-32(33)34)23-22-31(44-24-25-46-47(2,41)42)27-45-37(28-14-6-3-7-15-28,29-16-8-4-9-17-29)30-18-10-5-11-19-30/h3-21,26,31H,22-25,27H2,1-2H3. The third kappa shape index (κ3) is 8.04. The molecule has 0 bridgehead atoms. The molecule has 1 aromatic heterocycles. The minimum absolute atomic E-state index is 0.00854. The zero-order chi connectivity index (χ0) is 33.3. The number of carbonyl (C=O) groups is 2. The lowest BCUT2D eigenvalue weighted by atomic mass is 9.80. The predicted octanol–water partition coefficient (Wildman–Crippen LogP) is 5.76. The smallest absolute Gasteiger partial charge is 0.379 e. The molecule has 5 rings (SSSR count). The molecule has 0 aliphatic rings. The van der Waals surface area contributed by atoms with Gasteiger partial charge in [0, 0.05) is 23.6 Å². The second-order valence-corrected chi connectivity index (χ2v) is 12.6. The van der Waals surface area contributed by atoms with Gasteiger partial charge in [-0.1, -0.05) is 109 Å². The Bertz CT molecular complexity index is 1790. The molecule has 0 saturated carbocycles. The quantitative estimate of drug-likeness (QED) is 0.0330. The van der Waals surface area contributed by atoms with Crippen LogP contribution in [0.2, 0.25) is 0 Å². The largest absolute Gasteiger partial charge is 0.463 e. The summed E-state index contributed by atoms with van der Waals surface area (Å²) in [7, 11) is -2.47. The van der Waals surface area contributed by atoms with E-state index in [2.05, 4.69) is 4.74 Å². The molecule has 244 valence electrons. The number of benzene rings is 4. The van der Waals surface area contributed by atoms with Crippen molar-refractivity contribution in [1.29, 1.82) is 0 Å². The molecule has 0 aliphatic heterocycles. The Morgan fingerprint density at radius 2 is 1.30 bits per heavy atom. The van der Waals surface area contributed by atoms with Crippen LogP contribution in [0.3, 0.4) is 0 Å². The molecule has 10 heteroatoms. The number of aryl methyl sites for hydroxylation is 1. The number of Topliss-reactive ketones (excluding diaryl/α,β-unsaturated/α-hetero) is 1. The van der Waals surface area contributed by atoms with E-state index >= 15 is 0 Å². The van der Waals surface area contributed by atoms with Crippen molar-refractivity contribution < 1.29 is 36.4 Å². The average Bonchev–Trinajstić information content (AvgIpc) is 3.47. The van der Waals surface area contributed by atoms with Gasteiger partial charge < -0.3 is 18.8 Å². The Morgan fingerprint density at radius 1 is 0.766 bits per heavy atom. The normalized spacial score (nSPS) is 12.6. The summed E-state index contributed by atoms with van der Waals surface area (Å²) in [6, 6.07) is 37.2. The molecule has 1 unspecified atom stereocenters. The van der Waals surface area contributed by atoms with Crippen molar-refractivity contribution >= 4 is 32.8 Å². The number of ether oxygens (including phenoxy) is 3. The van der Waals surface area contributed by atoms with E-state index in [1.165, 1.54) is 7.11 Å². The zero-order valence-electron chi connectivity index (χ0n) is 26.3. The van der Waals surface area contributed by atoms with Crippen LogP contribution in [0.4, 0.5) is 0 Å². The van der Waals surface area contributed by atoms with Crippen LogP contribution >= 0.6 is 0 Å². The lowest BCUT2D eigenvalue weighted by Gasteiger charge is -2.37. The van der Waals surface area contributed by atoms with Gasteiger partial charge in [-0.2, -0.15) is 8.42 Å². The van der Waals surface area contributed by atoms with Gasteiger partial charge in [0.1, 0.15) is 5.60 Å². The number of ketones is 1. The maximum atomic E-state index is 12.8. The third-order valence-electron chi connectivity index (χ3n) is 7.86. The first-order valence-corrected chi connectivity index (χ1v) is 17.0. The van der Waals surface area contributed by atoms with Crippen LogP contribution in [0.5, 0.6) is 0 Å². The van der Waals surface area contributed by atoms with Crippen molar-refractivity contribution in [2.45, 2.75) is 24.7 Å². The molecule has 1 heterocycles. The first-order chi connectivity index (χ1) is 22.7. The molecule has 9 nitrogen and oxygen atoms in total. The summed E-state index contributed by atoms with van der Waals surface area (Å²) in [5.41, 5.74) is 2.82. The predicted molar refractivity (Wildman–Crippen MR) is 179 cm³/mol. The van der Waals surface area contributed by atoms with E-state index in [1.807, 2.05) is 108 Å². The Morgan fingerprint density at radius 3 is 1.83 bits per heavy atom. The first kappa shape index (κ1) is 33.7. The monoisotopic (exact) mass is 655 g/mol. The summed E-state index contributed by atoms with van der Waals surface area (Å²) in [5, 5.41) is 0.634. The summed E-state index contributed by atoms with van der Waals surface area (Å²) < 4.78 is 47.9. The number of nitrogens with zero attached hydrogens (tertiary/aromatic N) is 1. The van der Waals surface area contributed by atoms with Crippen LogP contribution in [0.1, 0.15) is 33.5 Å². The molecule has 0 fully saturated rings. The first-order valence-electron chi connectivity index (χ1n) is 15.2. The summed E-state index contributed by atoms with van der Waals surface area (Å²) in [6.07, 6.45) is 2.55. The van der Waals surface area contributed by atoms with Crippen LogP contribution in [-0.4, -0.2) is 64.0 Å². The number of hydrogen-bond acceptors (Lipinski definition) is 8. The second kappa shape index (κ2) is 15.3. The van der Waals surface area contributed by atoms with Crippen molar-refractivity contribution in [2.75, 3.05) is 33.2 Å². The van der Waals surface area contributed by atoms with E-state index in [0.29, 0.717) is 18.4 Å². The Labute approximate surface area is 274 Å². The van der Waals surface area contributed by atoms with E-state index in [0.717, 1.165) is 28.5 Å². The second-order valence-electron chi connectivity index (χ2n) is 11.0. The Balaban J connectivity index is 1.48. The summed E-state index contributed by atoms with van der Waals surface area (Å²) in [6.45, 7) is 0.394. The average molecular weight is 656 g/mol. The number of esters is 1. The molecular weight excluding hydrogens is 618 g/mol. The number of carbonyl (C=O) groups excluding carboxylic acids is 2. The molecule has 4 aromatic carbocycles. The van der Waals surface area contributed by atoms with E-state index < -0.39 is 33.6 Å². The van der Waals surface area contributed by atoms with Gasteiger partial charge in [0.25, 0.3) is 15.9 Å². The van der Waals surface area contributed by atoms with Crippen LogP contribution in [-0.2, 0) is 45.5 Å². The number of para-hydroxylation sites is 1. The van der Waals surface area contributed by atoms with Crippen LogP contribution in [0.25, 0.3) is 10.9 Å². The number of aromatic nitrogens is 1. The number of fused-ring (bicyclic) bond motifs is 1. The van der Waals surface area contributed by atoms with Gasteiger partial charge in [-0.3, -0.25) is 8.98 Å². The van der Waals surface area contributed by atoms with Gasteiger partial charge in [-0.05, 0) is 29.2 Å². The molecule has 0 N–H and O–H groups in total. The lowest BCUT2D eigenvalue weighted by molar-refractivity contribution is -0.135. The van der Waals surface area contributed by atoms with Crippen LogP contribution < -0.4 is 0 Å². The fourth-order valence-corrected chi connectivity index (χ4v) is 6.07. The van der Waals surface area contributed by atoms with Gasteiger partial charge in [-0.25, -0.2) is 4.79 Å². The minimum Gasteiger partial charge on any atom is -0.463 e. The van der Waals surface area contributed by atoms with Crippen molar-refractivity contribution in [3.63, 3.8) is 0 Å². The lowest BCUT2D eigenvalue weighted by Crippen LogP contribution is -2.37. The molecule has 0 amide bonds. The number of hydrogen-bond donors (Lipinski definition) is 0. The van der Waals surface area contributed by atoms with E-state index in [9.17, 15) is 18.0 Å². The van der Waals surface area contributed by atoms with Crippen molar-refractivity contribution in [1.82, 2.24) is 4.57 Å². The molecule has 47 heavy (non-hydrogen) atoms. The van der Waals surface area contributed by atoms with Crippen molar-refractivity contribution in [3.05, 3.63) is 144 Å². The van der Waals surface area contributed by atoms with Crippen molar-refractivity contribution in [3.8, 4) is 0 Å². The molecular formula is C37H37NO8S. The highest BCUT2D eigenvalue weighted by atomic mass is 32.2. The maximum absolute atomic E-state index is 12.8. The fourth-order valence-electron chi connectivity index (χ4n) is 5.70. The number of methoxy groups -OCH3 is 1. The molecule has 0 aliphatic carbocycles. The van der Waals surface area contributed by atoms with E-state index in [1.54, 1.807) is 18.3 Å². The van der Waals surface area contributed by atoms with Gasteiger partial charge >= 0.3 is 5.97 Å². The Hall–Kier alpha value is -4.61. The van der Waals surface area contributed by atoms with E-state index in [-0.39, 0.29) is 25.4 Å². The molecule has 0 spiro atoms. The molecule has 0 radical (unpaired) electrons. The van der Waals surface area contributed by atoms with Crippen molar-refractivity contribution in [2.24, 2.45) is 0 Å². The summed E-state index contributed by atoms with van der Waals surface area (Å²) in [4.78, 5) is 24.9. The molecule has 0 saturated heterocycles. The SMILES string of the molecule is COC(=O)C(=O)c1cn(CCC(COC(c2ccccc2)(c2ccccc2)c2ccccc2)OCCOS(C)(=O)=O)c2ccccc12. The highest BCUT2D eigenvalue weighted by Crippen LogP contribution is 2.40. The Kier molecular flexibility index (Phi) is 11.0. The molecule has 1 atom stereocenters.